The Morgan fingerprint density at radius 3 is 2.62 bits per heavy atom. The fraction of sp³-hybridized carbons (Fsp3) is 0.200. The summed E-state index contributed by atoms with van der Waals surface area (Å²) >= 11 is 16.3. The van der Waals surface area contributed by atoms with Crippen LogP contribution in [0.5, 0.6) is 0 Å². The Kier molecular flexibility index (Phi) is 8.32. The highest BCUT2D eigenvalue weighted by molar-refractivity contribution is 9.11. The minimum atomic E-state index is -0.632. The fourth-order valence-corrected chi connectivity index (χ4v) is 4.48. The number of anilines is 2. The van der Waals surface area contributed by atoms with Crippen molar-refractivity contribution in [2.24, 2.45) is 5.92 Å². The first-order chi connectivity index (χ1) is 15.2. The van der Waals surface area contributed by atoms with Crippen LogP contribution < -0.4 is 10.6 Å². The molecule has 0 aliphatic heterocycles. The molecule has 3 rings (SSSR count). The van der Waals surface area contributed by atoms with Gasteiger partial charge in [0.25, 0.3) is 5.91 Å². The molecule has 0 atom stereocenters. The minimum Gasteiger partial charge on any atom is -0.449 e. The molecular weight excluding hydrogens is 633 g/mol. The molecule has 2 heterocycles. The van der Waals surface area contributed by atoms with Crippen molar-refractivity contribution < 1.29 is 14.3 Å². The van der Waals surface area contributed by atoms with E-state index in [4.69, 9.17) is 16.3 Å². The highest BCUT2D eigenvalue weighted by atomic mass is 79.9. The first-order valence-corrected chi connectivity index (χ1v) is 12.0. The molecule has 2 amide bonds. The van der Waals surface area contributed by atoms with E-state index in [2.05, 4.69) is 68.5 Å². The van der Waals surface area contributed by atoms with Gasteiger partial charge in [-0.2, -0.15) is 5.10 Å². The number of pyridine rings is 1. The molecule has 0 fully saturated rings. The second-order valence-electron chi connectivity index (χ2n) is 6.95. The van der Waals surface area contributed by atoms with E-state index >= 15 is 0 Å². The molecule has 8 nitrogen and oxygen atoms in total. The summed E-state index contributed by atoms with van der Waals surface area (Å²) in [7, 11) is 0. The van der Waals surface area contributed by atoms with E-state index in [1.165, 1.54) is 10.7 Å². The molecule has 12 heteroatoms. The Morgan fingerprint density at radius 2 is 1.94 bits per heavy atom. The van der Waals surface area contributed by atoms with Crippen molar-refractivity contribution in [1.82, 2.24) is 14.8 Å². The van der Waals surface area contributed by atoms with Gasteiger partial charge >= 0.3 is 6.09 Å². The Morgan fingerprint density at radius 1 is 1.19 bits per heavy atom. The largest absolute Gasteiger partial charge is 0.449 e. The highest BCUT2D eigenvalue weighted by Gasteiger charge is 2.21. The number of rotatable bonds is 6. The number of aromatic nitrogens is 3. The van der Waals surface area contributed by atoms with Crippen LogP contribution in [0.2, 0.25) is 5.02 Å². The topological polar surface area (TPSA) is 98.1 Å². The number of hydrogen-bond donors (Lipinski definition) is 2. The number of carbonyl (C=O) groups excluding carboxylic acids is 2. The molecule has 0 saturated carbocycles. The number of nitrogens with zero attached hydrogens (tertiary/aromatic N) is 3. The molecule has 3 aromatic rings. The molecule has 0 saturated heterocycles. The van der Waals surface area contributed by atoms with E-state index < -0.39 is 12.0 Å². The standard InChI is InChI=1S/C20H17Br3ClN5O3/c1-10(2)9-32-20(31)26-14-7-11(21)6-12(22)17(14)27-19(30)15-8-16(23)28-29(15)18-13(24)4-3-5-25-18/h3-8,10H,9H2,1-2H3,(H,26,31)(H,27,30). The van der Waals surface area contributed by atoms with Gasteiger partial charge in [-0.3, -0.25) is 10.1 Å². The summed E-state index contributed by atoms with van der Waals surface area (Å²) in [5.41, 5.74) is 0.866. The van der Waals surface area contributed by atoms with Crippen molar-refractivity contribution in [1.29, 1.82) is 0 Å². The number of ether oxygens (including phenoxy) is 1. The summed E-state index contributed by atoms with van der Waals surface area (Å²) < 4.78 is 8.18. The lowest BCUT2D eigenvalue weighted by atomic mass is 10.2. The Bertz CT molecular complexity index is 1170. The van der Waals surface area contributed by atoms with E-state index in [0.717, 1.165) is 0 Å². The number of halogens is 4. The van der Waals surface area contributed by atoms with E-state index in [-0.39, 0.29) is 18.2 Å². The third-order valence-electron chi connectivity index (χ3n) is 3.93. The van der Waals surface area contributed by atoms with Crippen molar-refractivity contribution >= 4 is 82.8 Å². The van der Waals surface area contributed by atoms with Gasteiger partial charge in [0.05, 0.1) is 23.0 Å². The molecular formula is C20H17Br3ClN5O3. The molecule has 168 valence electrons. The number of benzene rings is 1. The summed E-state index contributed by atoms with van der Waals surface area (Å²) in [6.45, 7) is 4.13. The fourth-order valence-electron chi connectivity index (χ4n) is 2.57. The van der Waals surface area contributed by atoms with E-state index in [1.807, 2.05) is 13.8 Å². The Balaban J connectivity index is 1.92. The van der Waals surface area contributed by atoms with E-state index in [1.54, 1.807) is 30.5 Å². The van der Waals surface area contributed by atoms with Gasteiger partial charge in [-0.1, -0.05) is 41.4 Å². The monoisotopic (exact) mass is 647 g/mol. The van der Waals surface area contributed by atoms with Gasteiger partial charge in [0, 0.05) is 21.2 Å². The van der Waals surface area contributed by atoms with Crippen molar-refractivity contribution in [2.75, 3.05) is 17.2 Å². The molecule has 0 unspecified atom stereocenters. The second kappa shape index (κ2) is 10.8. The number of carbonyl (C=O) groups is 2. The third-order valence-corrected chi connectivity index (χ3v) is 5.70. The lowest BCUT2D eigenvalue weighted by molar-refractivity contribution is 0.101. The molecule has 32 heavy (non-hydrogen) atoms. The Labute approximate surface area is 214 Å². The predicted molar refractivity (Wildman–Crippen MR) is 134 cm³/mol. The minimum absolute atomic E-state index is 0.181. The summed E-state index contributed by atoms with van der Waals surface area (Å²) in [5, 5.41) is 10.1. The van der Waals surface area contributed by atoms with Crippen molar-refractivity contribution in [3.63, 3.8) is 0 Å². The van der Waals surface area contributed by atoms with Crippen LogP contribution in [0.3, 0.4) is 0 Å². The average Bonchev–Trinajstić information content (AvgIpc) is 3.10. The van der Waals surface area contributed by atoms with Gasteiger partial charge in [0.1, 0.15) is 10.3 Å². The summed E-state index contributed by atoms with van der Waals surface area (Å²) in [6.07, 6.45) is 0.918. The first kappa shape index (κ1) is 24.7. The molecule has 0 aliphatic carbocycles. The predicted octanol–water partition coefficient (Wildman–Crippen LogP) is 6.67. The van der Waals surface area contributed by atoms with E-state index in [9.17, 15) is 9.59 Å². The van der Waals surface area contributed by atoms with Crippen molar-refractivity contribution in [3.8, 4) is 5.82 Å². The van der Waals surface area contributed by atoms with Crippen LogP contribution in [-0.4, -0.2) is 33.4 Å². The van der Waals surface area contributed by atoms with Gasteiger partial charge < -0.3 is 10.1 Å². The van der Waals surface area contributed by atoms with Crippen LogP contribution in [0.25, 0.3) is 5.82 Å². The maximum atomic E-state index is 13.2. The van der Waals surface area contributed by atoms with Gasteiger partial charge in [-0.05, 0) is 62.0 Å². The summed E-state index contributed by atoms with van der Waals surface area (Å²) in [4.78, 5) is 29.6. The van der Waals surface area contributed by atoms with E-state index in [0.29, 0.717) is 35.8 Å². The maximum absolute atomic E-state index is 13.2. The quantitative estimate of drug-likeness (QED) is 0.311. The zero-order valence-corrected chi connectivity index (χ0v) is 22.3. The normalized spacial score (nSPS) is 10.8. The zero-order chi connectivity index (χ0) is 23.4. The number of nitrogens with one attached hydrogen (secondary N) is 2. The van der Waals surface area contributed by atoms with Gasteiger partial charge in [-0.15, -0.1) is 0 Å². The van der Waals surface area contributed by atoms with Crippen molar-refractivity contribution in [2.45, 2.75) is 13.8 Å². The molecule has 0 radical (unpaired) electrons. The molecule has 1 aromatic carbocycles. The lowest BCUT2D eigenvalue weighted by Crippen LogP contribution is -2.21. The zero-order valence-electron chi connectivity index (χ0n) is 16.8. The average molecular weight is 651 g/mol. The van der Waals surface area contributed by atoms with Gasteiger partial charge in [-0.25, -0.2) is 14.5 Å². The van der Waals surface area contributed by atoms with Gasteiger partial charge in [0.15, 0.2) is 5.82 Å². The summed E-state index contributed by atoms with van der Waals surface area (Å²) in [6, 6.07) is 8.26. The SMILES string of the molecule is CC(C)COC(=O)Nc1cc(Br)cc(Br)c1NC(=O)c1cc(Br)nn1-c1ncccc1Cl. The number of hydrogen-bond acceptors (Lipinski definition) is 5. The maximum Gasteiger partial charge on any atom is 0.411 e. The van der Waals surface area contributed by atoms with Crippen LogP contribution in [0.4, 0.5) is 16.2 Å². The van der Waals surface area contributed by atoms with Crippen LogP contribution >= 0.6 is 59.4 Å². The third kappa shape index (κ3) is 6.09. The number of amides is 2. The van der Waals surface area contributed by atoms with Crippen LogP contribution in [-0.2, 0) is 4.74 Å². The van der Waals surface area contributed by atoms with Gasteiger partial charge in [0.2, 0.25) is 0 Å². The first-order valence-electron chi connectivity index (χ1n) is 9.26. The Hall–Kier alpha value is -1.95. The smallest absolute Gasteiger partial charge is 0.411 e. The molecule has 0 aliphatic rings. The summed E-state index contributed by atoms with van der Waals surface area (Å²) in [5.74, 6) is -0.00615. The van der Waals surface area contributed by atoms with Crippen LogP contribution in [0, 0.1) is 5.92 Å². The van der Waals surface area contributed by atoms with Crippen molar-refractivity contribution in [3.05, 3.63) is 60.8 Å². The van der Waals surface area contributed by atoms with Crippen LogP contribution in [0.1, 0.15) is 24.3 Å². The molecule has 0 bridgehead atoms. The molecule has 0 spiro atoms. The van der Waals surface area contributed by atoms with Crippen LogP contribution in [0.15, 0.2) is 50.1 Å². The molecule has 2 N–H and O–H groups in total. The molecule has 2 aromatic heterocycles. The second-order valence-corrected chi connectivity index (χ2v) is 9.94. The lowest BCUT2D eigenvalue weighted by Gasteiger charge is -2.16. The highest BCUT2D eigenvalue weighted by Crippen LogP contribution is 2.35.